The number of carboxylic acids is 1. The minimum atomic E-state index is -1.33. The average molecular weight is 363 g/mol. The van der Waals surface area contributed by atoms with E-state index in [9.17, 15) is 14.7 Å². The number of β-lactam (4-membered cyclic amide) rings is 1. The molecule has 2 aliphatic rings. The van der Waals surface area contributed by atoms with Crippen LogP contribution in [-0.2, 0) is 16.1 Å². The van der Waals surface area contributed by atoms with Gasteiger partial charge in [-0.15, -0.1) is 11.8 Å². The molecule has 25 heavy (non-hydrogen) atoms. The van der Waals surface area contributed by atoms with Crippen molar-refractivity contribution in [1.82, 2.24) is 9.88 Å². The molecule has 0 spiro atoms. The van der Waals surface area contributed by atoms with Gasteiger partial charge in [-0.2, -0.15) is 4.57 Å². The minimum absolute atomic E-state index is 0.0378. The van der Waals surface area contributed by atoms with Gasteiger partial charge in [0.1, 0.15) is 11.4 Å². The Morgan fingerprint density at radius 1 is 1.52 bits per heavy atom. The maximum atomic E-state index is 12.0. The molecule has 1 fully saturated rings. The lowest BCUT2D eigenvalue weighted by Gasteiger charge is -2.49. The van der Waals surface area contributed by atoms with Gasteiger partial charge in [-0.3, -0.25) is 9.69 Å². The average Bonchev–Trinajstić information content (AvgIpc) is 2.62. The van der Waals surface area contributed by atoms with Gasteiger partial charge in [0.05, 0.1) is 17.9 Å². The Hall–Kier alpha value is -2.13. The molecule has 0 aliphatic carbocycles. The Morgan fingerprint density at radius 3 is 2.88 bits per heavy atom. The highest BCUT2D eigenvalue weighted by Gasteiger charge is 2.50. The molecule has 3 rings (SSSR count). The minimum Gasteiger partial charge on any atom is -0.543 e. The number of fused-ring (bicyclic) bond motifs is 1. The van der Waals surface area contributed by atoms with E-state index in [1.54, 1.807) is 12.4 Å². The second-order valence-electron chi connectivity index (χ2n) is 5.93. The van der Waals surface area contributed by atoms with Crippen molar-refractivity contribution in [3.63, 3.8) is 0 Å². The van der Waals surface area contributed by atoms with Crippen molar-refractivity contribution in [3.8, 4) is 0 Å². The third kappa shape index (κ3) is 3.09. The SMILES string of the molecule is CCN(CC)c1c[n+](CC2=C(C(=O)[O-])N3C(=O)C(N)[C@H]3SC2)ccn1. The molecule has 1 saturated heterocycles. The fourth-order valence-electron chi connectivity index (χ4n) is 3.14. The molecular weight excluding hydrogens is 342 g/mol. The molecule has 0 radical (unpaired) electrons. The number of aliphatic carboxylic acids is 1. The zero-order chi connectivity index (χ0) is 18.1. The molecule has 3 heterocycles. The first-order valence-electron chi connectivity index (χ1n) is 8.21. The number of nitrogens with zero attached hydrogens (tertiary/aromatic N) is 4. The topological polar surface area (TPSA) is 106 Å². The van der Waals surface area contributed by atoms with E-state index in [1.165, 1.54) is 16.7 Å². The van der Waals surface area contributed by atoms with Crippen LogP contribution in [0.3, 0.4) is 0 Å². The van der Waals surface area contributed by atoms with Crippen LogP contribution in [0, 0.1) is 0 Å². The van der Waals surface area contributed by atoms with E-state index in [-0.39, 0.29) is 17.0 Å². The summed E-state index contributed by atoms with van der Waals surface area (Å²) in [6, 6.07) is -0.635. The number of hydrogen-bond acceptors (Lipinski definition) is 7. The van der Waals surface area contributed by atoms with Gasteiger partial charge in [0.15, 0.2) is 18.6 Å². The van der Waals surface area contributed by atoms with E-state index in [1.807, 2.05) is 10.8 Å². The Morgan fingerprint density at radius 2 is 2.24 bits per heavy atom. The number of rotatable bonds is 6. The number of carboxylic acid groups (broad SMARTS) is 1. The van der Waals surface area contributed by atoms with Gasteiger partial charge in [-0.25, -0.2) is 4.98 Å². The lowest BCUT2D eigenvalue weighted by molar-refractivity contribution is -0.688. The molecular formula is C16H21N5O3S. The van der Waals surface area contributed by atoms with Crippen molar-refractivity contribution < 1.29 is 19.3 Å². The summed E-state index contributed by atoms with van der Waals surface area (Å²) in [4.78, 5) is 31.3. The number of nitrogens with two attached hydrogens (primary N) is 1. The summed E-state index contributed by atoms with van der Waals surface area (Å²) < 4.78 is 1.88. The second kappa shape index (κ2) is 7.01. The fourth-order valence-corrected chi connectivity index (χ4v) is 4.42. The zero-order valence-corrected chi connectivity index (χ0v) is 15.0. The van der Waals surface area contributed by atoms with Crippen molar-refractivity contribution in [2.75, 3.05) is 23.7 Å². The monoisotopic (exact) mass is 363 g/mol. The molecule has 1 amide bonds. The lowest BCUT2D eigenvalue weighted by Crippen LogP contribution is -2.69. The van der Waals surface area contributed by atoms with E-state index >= 15 is 0 Å². The molecule has 0 bridgehead atoms. The first kappa shape index (κ1) is 17.7. The molecule has 2 atom stereocenters. The Kier molecular flexibility index (Phi) is 4.96. The quantitative estimate of drug-likeness (QED) is 0.482. The van der Waals surface area contributed by atoms with Crippen LogP contribution in [-0.4, -0.2) is 52.0 Å². The molecule has 9 heteroatoms. The number of anilines is 1. The van der Waals surface area contributed by atoms with Gasteiger partial charge in [0.25, 0.3) is 0 Å². The van der Waals surface area contributed by atoms with Crippen molar-refractivity contribution in [1.29, 1.82) is 0 Å². The molecule has 1 unspecified atom stereocenters. The van der Waals surface area contributed by atoms with Gasteiger partial charge >= 0.3 is 0 Å². The van der Waals surface area contributed by atoms with Crippen molar-refractivity contribution in [3.05, 3.63) is 29.9 Å². The lowest BCUT2D eigenvalue weighted by atomic mass is 10.0. The van der Waals surface area contributed by atoms with Gasteiger partial charge in [-0.05, 0) is 13.8 Å². The zero-order valence-electron chi connectivity index (χ0n) is 14.2. The number of carbonyl (C=O) groups is 2. The smallest absolute Gasteiger partial charge is 0.248 e. The third-order valence-corrected chi connectivity index (χ3v) is 5.85. The Balaban J connectivity index is 1.90. The van der Waals surface area contributed by atoms with Crippen LogP contribution in [0.1, 0.15) is 13.8 Å². The highest BCUT2D eigenvalue weighted by molar-refractivity contribution is 8.00. The van der Waals surface area contributed by atoms with Gasteiger partial charge in [0, 0.05) is 24.4 Å². The van der Waals surface area contributed by atoms with Crippen LogP contribution in [0.4, 0.5) is 5.82 Å². The van der Waals surface area contributed by atoms with Crippen LogP contribution in [0.25, 0.3) is 0 Å². The first-order valence-corrected chi connectivity index (χ1v) is 9.26. The third-order valence-electron chi connectivity index (χ3n) is 4.49. The molecule has 134 valence electrons. The van der Waals surface area contributed by atoms with Crippen LogP contribution >= 0.6 is 11.8 Å². The van der Waals surface area contributed by atoms with E-state index in [2.05, 4.69) is 23.7 Å². The van der Waals surface area contributed by atoms with E-state index in [0.29, 0.717) is 17.9 Å². The largest absolute Gasteiger partial charge is 0.543 e. The number of amides is 1. The summed E-state index contributed by atoms with van der Waals surface area (Å²) in [6.07, 6.45) is 5.36. The van der Waals surface area contributed by atoms with E-state index in [4.69, 9.17) is 5.73 Å². The maximum absolute atomic E-state index is 12.0. The van der Waals surface area contributed by atoms with Gasteiger partial charge < -0.3 is 20.5 Å². The summed E-state index contributed by atoms with van der Waals surface area (Å²) in [5, 5.41) is 11.3. The fraction of sp³-hybridized carbons (Fsp3) is 0.500. The summed E-state index contributed by atoms with van der Waals surface area (Å²) in [5.41, 5.74) is 6.36. The van der Waals surface area contributed by atoms with E-state index < -0.39 is 12.0 Å². The first-order chi connectivity index (χ1) is 12.0. The van der Waals surface area contributed by atoms with Crippen LogP contribution < -0.4 is 20.3 Å². The van der Waals surface area contributed by atoms with E-state index in [0.717, 1.165) is 18.9 Å². The summed E-state index contributed by atoms with van der Waals surface area (Å²) in [6.45, 7) is 6.13. The summed E-state index contributed by atoms with van der Waals surface area (Å²) in [5.74, 6) is -0.371. The van der Waals surface area contributed by atoms with Crippen LogP contribution in [0.5, 0.6) is 0 Å². The molecule has 0 saturated carbocycles. The molecule has 1 aromatic rings. The predicted octanol–water partition coefficient (Wildman–Crippen LogP) is -1.54. The Bertz CT molecular complexity index is 734. The normalized spacial score (nSPS) is 22.5. The maximum Gasteiger partial charge on any atom is 0.248 e. The molecule has 2 aliphatic heterocycles. The summed E-state index contributed by atoms with van der Waals surface area (Å²) in [7, 11) is 0. The second-order valence-corrected chi connectivity index (χ2v) is 7.04. The molecule has 1 aromatic heterocycles. The number of aromatic nitrogens is 2. The number of hydrogen-bond donors (Lipinski definition) is 1. The molecule has 2 N–H and O–H groups in total. The number of thioether (sulfide) groups is 1. The number of carbonyl (C=O) groups excluding carboxylic acids is 2. The predicted molar refractivity (Wildman–Crippen MR) is 91.1 cm³/mol. The Labute approximate surface area is 150 Å². The van der Waals surface area contributed by atoms with Gasteiger partial charge in [-0.1, -0.05) is 0 Å². The molecule has 0 aromatic carbocycles. The highest BCUT2D eigenvalue weighted by Crippen LogP contribution is 2.39. The van der Waals surface area contributed by atoms with Crippen molar-refractivity contribution in [2.45, 2.75) is 31.8 Å². The molecule has 8 nitrogen and oxygen atoms in total. The van der Waals surface area contributed by atoms with Gasteiger partial charge in [0.2, 0.25) is 12.1 Å². The highest BCUT2D eigenvalue weighted by atomic mass is 32.2. The standard InChI is InChI=1S/C16H21N5O3S/c1-3-20(4-2)11-8-19(6-5-18-11)7-10-9-25-15-12(17)14(22)21(15)13(10)16(23)24/h5-6,8,12,15H,3-4,7,9,17H2,1-2H3/t12?,15-/m1/s1. The van der Waals surface area contributed by atoms with Crippen LogP contribution in [0.2, 0.25) is 0 Å². The van der Waals surface area contributed by atoms with Crippen LogP contribution in [0.15, 0.2) is 29.9 Å². The van der Waals surface area contributed by atoms with Crippen molar-refractivity contribution in [2.24, 2.45) is 5.73 Å². The van der Waals surface area contributed by atoms with Crippen molar-refractivity contribution >= 4 is 29.5 Å². The summed E-state index contributed by atoms with van der Waals surface area (Å²) >= 11 is 1.48.